The van der Waals surface area contributed by atoms with Crippen molar-refractivity contribution in [2.24, 2.45) is 0 Å². The monoisotopic (exact) mass is 400 g/mol. The van der Waals surface area contributed by atoms with Crippen molar-refractivity contribution >= 4 is 28.7 Å². The third-order valence-corrected chi connectivity index (χ3v) is 4.74. The number of piperazine rings is 1. The topological polar surface area (TPSA) is 84.7 Å². The summed E-state index contributed by atoms with van der Waals surface area (Å²) in [5.74, 6) is -0.435. The number of carbonyl (C=O) groups excluding carboxylic acids is 3. The highest BCUT2D eigenvalue weighted by atomic mass is 16.6. The fourth-order valence-corrected chi connectivity index (χ4v) is 3.36. The highest BCUT2D eigenvalue weighted by Gasteiger charge is 2.26. The third kappa shape index (κ3) is 5.34. The molecule has 1 saturated heterocycles. The molecule has 156 valence electrons. The number of ether oxygens (including phenoxy) is 1. The minimum absolute atomic E-state index is 0.0236. The summed E-state index contributed by atoms with van der Waals surface area (Å²) in [6.07, 6.45) is 1.97. The van der Waals surface area contributed by atoms with Gasteiger partial charge in [-0.25, -0.2) is 0 Å². The smallest absolute Gasteiger partial charge is 0.310 e. The average molecular weight is 400 g/mol. The van der Waals surface area contributed by atoms with E-state index in [2.05, 4.69) is 5.10 Å². The first-order valence-corrected chi connectivity index (χ1v) is 9.88. The fourth-order valence-electron chi connectivity index (χ4n) is 3.36. The minimum Gasteiger partial charge on any atom is -0.460 e. The van der Waals surface area contributed by atoms with Gasteiger partial charge in [-0.15, -0.1) is 0 Å². The van der Waals surface area contributed by atoms with E-state index in [9.17, 15) is 14.4 Å². The molecule has 0 saturated carbocycles. The van der Waals surface area contributed by atoms with E-state index in [4.69, 9.17) is 4.74 Å². The molecular weight excluding hydrogens is 372 g/mol. The predicted molar refractivity (Wildman–Crippen MR) is 108 cm³/mol. The van der Waals surface area contributed by atoms with Crippen molar-refractivity contribution in [3.8, 4) is 0 Å². The second-order valence-electron chi connectivity index (χ2n) is 8.27. The Hall–Kier alpha value is -2.90. The molecule has 2 aromatic rings. The van der Waals surface area contributed by atoms with Gasteiger partial charge in [0.15, 0.2) is 0 Å². The average Bonchev–Trinajstić information content (AvgIpc) is 3.01. The van der Waals surface area contributed by atoms with Crippen LogP contribution in [-0.4, -0.2) is 69.1 Å². The van der Waals surface area contributed by atoms with Crippen molar-refractivity contribution < 1.29 is 19.1 Å². The van der Waals surface area contributed by atoms with Crippen molar-refractivity contribution in [1.29, 1.82) is 0 Å². The van der Waals surface area contributed by atoms with Crippen LogP contribution >= 0.6 is 0 Å². The van der Waals surface area contributed by atoms with Crippen molar-refractivity contribution in [1.82, 2.24) is 19.6 Å². The lowest BCUT2D eigenvalue weighted by atomic mass is 10.1. The molecule has 2 heterocycles. The Kier molecular flexibility index (Phi) is 5.91. The number of nitrogens with zero attached hydrogens (tertiary/aromatic N) is 4. The zero-order valence-corrected chi connectivity index (χ0v) is 17.5. The summed E-state index contributed by atoms with van der Waals surface area (Å²) >= 11 is 0. The van der Waals surface area contributed by atoms with E-state index >= 15 is 0 Å². The molecule has 0 unspecified atom stereocenters. The quantitative estimate of drug-likeness (QED) is 0.712. The molecule has 3 rings (SSSR count). The molecule has 0 N–H and O–H groups in total. The summed E-state index contributed by atoms with van der Waals surface area (Å²) in [6, 6.07) is 5.56. The molecule has 0 spiro atoms. The van der Waals surface area contributed by atoms with Crippen LogP contribution in [0.2, 0.25) is 0 Å². The van der Waals surface area contributed by atoms with Gasteiger partial charge in [0, 0.05) is 31.2 Å². The maximum absolute atomic E-state index is 12.6. The zero-order chi connectivity index (χ0) is 21.2. The lowest BCUT2D eigenvalue weighted by molar-refractivity contribution is -0.153. The Morgan fingerprint density at radius 3 is 2.62 bits per heavy atom. The van der Waals surface area contributed by atoms with Gasteiger partial charge in [0.2, 0.25) is 11.8 Å². The molecule has 1 aromatic heterocycles. The first kappa shape index (κ1) is 20.8. The van der Waals surface area contributed by atoms with Gasteiger partial charge in [-0.05, 0) is 45.4 Å². The van der Waals surface area contributed by atoms with Gasteiger partial charge in [-0.3, -0.25) is 19.1 Å². The van der Waals surface area contributed by atoms with Crippen LogP contribution in [0.5, 0.6) is 0 Å². The maximum Gasteiger partial charge on any atom is 0.310 e. The molecule has 8 heteroatoms. The summed E-state index contributed by atoms with van der Waals surface area (Å²) in [4.78, 5) is 39.9. The Morgan fingerprint density at radius 1 is 1.21 bits per heavy atom. The Bertz CT molecular complexity index is 928. The number of benzene rings is 1. The molecule has 29 heavy (non-hydrogen) atoms. The Balaban J connectivity index is 1.65. The third-order valence-electron chi connectivity index (χ3n) is 4.74. The van der Waals surface area contributed by atoms with Crippen LogP contribution < -0.4 is 0 Å². The SMILES string of the molecule is CCN1CCN(C(=O)Cn2cc3cc(CC(=O)OC(C)(C)C)ccc3n2)CC1=O. The van der Waals surface area contributed by atoms with E-state index in [-0.39, 0.29) is 37.3 Å². The molecular formula is C21H28N4O4. The lowest BCUT2D eigenvalue weighted by Gasteiger charge is -2.33. The van der Waals surface area contributed by atoms with E-state index < -0.39 is 5.60 Å². The number of esters is 1. The number of hydrogen-bond acceptors (Lipinski definition) is 5. The molecule has 1 aliphatic rings. The molecule has 2 amide bonds. The number of amides is 2. The molecule has 0 radical (unpaired) electrons. The molecule has 1 aromatic carbocycles. The second-order valence-corrected chi connectivity index (χ2v) is 8.27. The van der Waals surface area contributed by atoms with Crippen molar-refractivity contribution in [3.63, 3.8) is 0 Å². The van der Waals surface area contributed by atoms with E-state index in [1.807, 2.05) is 45.9 Å². The van der Waals surface area contributed by atoms with E-state index in [0.29, 0.717) is 19.6 Å². The van der Waals surface area contributed by atoms with E-state index in [0.717, 1.165) is 16.5 Å². The number of likely N-dealkylation sites (N-methyl/N-ethyl adjacent to an activating group) is 1. The van der Waals surface area contributed by atoms with Crippen LogP contribution in [-0.2, 0) is 32.1 Å². The summed E-state index contributed by atoms with van der Waals surface area (Å²) in [5.41, 5.74) is 1.06. The van der Waals surface area contributed by atoms with Crippen LogP contribution in [0.4, 0.5) is 0 Å². The molecule has 0 aliphatic carbocycles. The van der Waals surface area contributed by atoms with Gasteiger partial charge in [-0.2, -0.15) is 5.10 Å². The highest BCUT2D eigenvalue weighted by molar-refractivity contribution is 5.86. The van der Waals surface area contributed by atoms with Gasteiger partial charge >= 0.3 is 5.97 Å². The van der Waals surface area contributed by atoms with Crippen LogP contribution in [0, 0.1) is 0 Å². The first-order chi connectivity index (χ1) is 13.6. The Labute approximate surface area is 170 Å². The summed E-state index contributed by atoms with van der Waals surface area (Å²) in [7, 11) is 0. The number of aromatic nitrogens is 2. The van der Waals surface area contributed by atoms with Gasteiger partial charge in [0.25, 0.3) is 0 Å². The lowest BCUT2D eigenvalue weighted by Crippen LogP contribution is -2.52. The number of hydrogen-bond donors (Lipinski definition) is 0. The van der Waals surface area contributed by atoms with Gasteiger partial charge in [-0.1, -0.05) is 6.07 Å². The maximum atomic E-state index is 12.6. The standard InChI is InChI=1S/C21H28N4O4/c1-5-23-8-9-24(13-18(23)26)19(27)14-25-12-16-10-15(6-7-17(16)22-25)11-20(28)29-21(2,3)4/h6-7,10,12H,5,8-9,11,13-14H2,1-4H3. The van der Waals surface area contributed by atoms with Gasteiger partial charge < -0.3 is 14.5 Å². The fraction of sp³-hybridized carbons (Fsp3) is 0.524. The highest BCUT2D eigenvalue weighted by Crippen LogP contribution is 2.17. The summed E-state index contributed by atoms with van der Waals surface area (Å²) in [5, 5.41) is 5.29. The molecule has 1 fully saturated rings. The number of rotatable bonds is 5. The van der Waals surface area contributed by atoms with Crippen LogP contribution in [0.3, 0.4) is 0 Å². The normalized spacial score (nSPS) is 15.1. The van der Waals surface area contributed by atoms with Crippen molar-refractivity contribution in [3.05, 3.63) is 30.0 Å². The summed E-state index contributed by atoms with van der Waals surface area (Å²) < 4.78 is 6.95. The van der Waals surface area contributed by atoms with Crippen LogP contribution in [0.1, 0.15) is 33.3 Å². The van der Waals surface area contributed by atoms with Crippen LogP contribution in [0.25, 0.3) is 10.9 Å². The van der Waals surface area contributed by atoms with E-state index in [1.54, 1.807) is 20.7 Å². The molecule has 8 nitrogen and oxygen atoms in total. The van der Waals surface area contributed by atoms with Gasteiger partial charge in [0.05, 0.1) is 18.5 Å². The second kappa shape index (κ2) is 8.23. The molecule has 0 atom stereocenters. The predicted octanol–water partition coefficient (Wildman–Crippen LogP) is 1.61. The largest absolute Gasteiger partial charge is 0.460 e. The summed E-state index contributed by atoms with van der Waals surface area (Å²) in [6.45, 7) is 9.41. The van der Waals surface area contributed by atoms with Crippen molar-refractivity contribution in [2.45, 2.75) is 46.3 Å². The number of carbonyl (C=O) groups is 3. The molecule has 1 aliphatic heterocycles. The molecule has 0 bridgehead atoms. The minimum atomic E-state index is -0.517. The van der Waals surface area contributed by atoms with Gasteiger partial charge in [0.1, 0.15) is 12.1 Å². The zero-order valence-electron chi connectivity index (χ0n) is 17.5. The first-order valence-electron chi connectivity index (χ1n) is 9.88. The number of fused-ring (bicyclic) bond motifs is 1. The van der Waals surface area contributed by atoms with Crippen molar-refractivity contribution in [2.75, 3.05) is 26.2 Å². The Morgan fingerprint density at radius 2 is 1.97 bits per heavy atom. The van der Waals surface area contributed by atoms with Crippen LogP contribution in [0.15, 0.2) is 24.4 Å². The van der Waals surface area contributed by atoms with E-state index in [1.165, 1.54) is 0 Å².